The molecule has 9 nitrogen and oxygen atoms in total. The number of benzene rings is 1. The van der Waals surface area contributed by atoms with Crippen LogP contribution in [0.25, 0.3) is 0 Å². The maximum atomic E-state index is 13.5. The minimum Gasteiger partial charge on any atom is -0.347 e. The lowest BCUT2D eigenvalue weighted by Gasteiger charge is -2.35. The number of hydrazine groups is 1. The number of likely N-dealkylation sites (N-methyl/N-ethyl adjacent to an activating group) is 1. The number of carbonyl (C=O) groups excluding carboxylic acids is 4. The molecule has 1 unspecified atom stereocenters. The predicted octanol–water partition coefficient (Wildman–Crippen LogP) is 2.27. The van der Waals surface area contributed by atoms with E-state index in [9.17, 15) is 27.6 Å². The first kappa shape index (κ1) is 31.2. The standard InChI is InChI=1S/C24H37N5O3.C2HF3O/c1-5-19(26-22(30)16(3)25-4)24(32)29-21(14-15-28(29)6-2)23(31)27-20-13-9-11-17-10-7-8-12-18(17)20;3-2(4,5)1-6/h7-8,10,12,16,19-21,25H,5-6,9,11,13-15H2,1-4H3,(H,26,30)(H,27,31);1H/t16-,19-,20?,21-;/m0./s1. The minimum atomic E-state index is -4.64. The van der Waals surface area contributed by atoms with Gasteiger partial charge in [0.25, 0.3) is 5.91 Å². The van der Waals surface area contributed by atoms with Crippen LogP contribution in [0.1, 0.15) is 63.6 Å². The SMILES string of the molecule is CC[C@H](NC(=O)[C@H](C)NC)C(=O)N1[C@H](C(=O)NC2CCCc3ccccc32)CCN1CC.O=CC(F)(F)F. The summed E-state index contributed by atoms with van der Waals surface area (Å²) >= 11 is 0. The second-order valence-corrected chi connectivity index (χ2v) is 9.33. The van der Waals surface area contributed by atoms with Crippen molar-refractivity contribution in [3.63, 3.8) is 0 Å². The molecule has 4 atom stereocenters. The van der Waals surface area contributed by atoms with Gasteiger partial charge in [0.1, 0.15) is 12.1 Å². The van der Waals surface area contributed by atoms with Gasteiger partial charge in [0.05, 0.1) is 12.1 Å². The summed E-state index contributed by atoms with van der Waals surface area (Å²) in [6, 6.07) is 6.59. The van der Waals surface area contributed by atoms with Crippen LogP contribution in [0.15, 0.2) is 24.3 Å². The molecule has 0 saturated carbocycles. The van der Waals surface area contributed by atoms with Crippen LogP contribution in [0.5, 0.6) is 0 Å². The summed E-state index contributed by atoms with van der Waals surface area (Å²) in [4.78, 5) is 47.9. The number of nitrogens with one attached hydrogen (secondary N) is 3. The molecular formula is C26H38F3N5O4. The van der Waals surface area contributed by atoms with Crippen molar-refractivity contribution in [3.8, 4) is 0 Å². The maximum Gasteiger partial charge on any atom is 0.446 e. The number of nitrogens with zero attached hydrogens (tertiary/aromatic N) is 2. The van der Waals surface area contributed by atoms with Crippen LogP contribution in [-0.2, 0) is 25.6 Å². The zero-order valence-electron chi connectivity index (χ0n) is 22.3. The second kappa shape index (κ2) is 14.2. The van der Waals surface area contributed by atoms with Gasteiger partial charge < -0.3 is 16.0 Å². The fourth-order valence-electron chi connectivity index (χ4n) is 4.64. The van der Waals surface area contributed by atoms with Crippen molar-refractivity contribution in [1.82, 2.24) is 26.0 Å². The molecule has 3 N–H and O–H groups in total. The van der Waals surface area contributed by atoms with Crippen LogP contribution in [0.4, 0.5) is 13.2 Å². The van der Waals surface area contributed by atoms with Crippen LogP contribution in [0, 0.1) is 0 Å². The van der Waals surface area contributed by atoms with Crippen molar-refractivity contribution in [1.29, 1.82) is 0 Å². The molecule has 1 fully saturated rings. The van der Waals surface area contributed by atoms with Gasteiger partial charge in [-0.1, -0.05) is 38.1 Å². The summed E-state index contributed by atoms with van der Waals surface area (Å²) in [6.07, 6.45) is -1.70. The van der Waals surface area contributed by atoms with Crippen LogP contribution >= 0.6 is 0 Å². The smallest absolute Gasteiger partial charge is 0.347 e. The fraction of sp³-hybridized carbons (Fsp3) is 0.615. The van der Waals surface area contributed by atoms with Crippen molar-refractivity contribution in [2.45, 2.75) is 83.2 Å². The van der Waals surface area contributed by atoms with Crippen molar-refractivity contribution in [2.24, 2.45) is 0 Å². The zero-order chi connectivity index (χ0) is 28.5. The average Bonchev–Trinajstić information content (AvgIpc) is 3.35. The van der Waals surface area contributed by atoms with Crippen LogP contribution in [-0.4, -0.2) is 78.5 Å². The number of hydrogen-bond donors (Lipinski definition) is 3. The number of alkyl halides is 3. The number of halogens is 3. The van der Waals surface area contributed by atoms with E-state index in [0.717, 1.165) is 19.3 Å². The summed E-state index contributed by atoms with van der Waals surface area (Å²) < 4.78 is 31.2. The van der Waals surface area contributed by atoms with Crippen LogP contribution < -0.4 is 16.0 Å². The molecule has 0 bridgehead atoms. The molecule has 1 aliphatic carbocycles. The number of carbonyl (C=O) groups is 4. The predicted molar refractivity (Wildman–Crippen MR) is 136 cm³/mol. The van der Waals surface area contributed by atoms with E-state index in [-0.39, 0.29) is 23.8 Å². The van der Waals surface area contributed by atoms with Gasteiger partial charge in [-0.25, -0.2) is 5.01 Å². The lowest BCUT2D eigenvalue weighted by molar-refractivity contribution is -0.156. The van der Waals surface area contributed by atoms with Gasteiger partial charge >= 0.3 is 6.18 Å². The highest BCUT2D eigenvalue weighted by Crippen LogP contribution is 2.30. The summed E-state index contributed by atoms with van der Waals surface area (Å²) in [5, 5.41) is 12.4. The molecule has 1 aliphatic heterocycles. The van der Waals surface area contributed by atoms with Gasteiger partial charge in [0.15, 0.2) is 0 Å². The first-order valence-electron chi connectivity index (χ1n) is 12.9. The molecule has 0 spiro atoms. The van der Waals surface area contributed by atoms with Crippen LogP contribution in [0.2, 0.25) is 0 Å². The minimum absolute atomic E-state index is 0.0294. The van der Waals surface area contributed by atoms with Gasteiger partial charge in [0.2, 0.25) is 18.1 Å². The van der Waals surface area contributed by atoms with E-state index in [4.69, 9.17) is 4.79 Å². The fourth-order valence-corrected chi connectivity index (χ4v) is 4.64. The molecule has 0 radical (unpaired) electrons. The van der Waals surface area contributed by atoms with Gasteiger partial charge in [-0.2, -0.15) is 13.2 Å². The van der Waals surface area contributed by atoms with Gasteiger partial charge in [-0.15, -0.1) is 0 Å². The van der Waals surface area contributed by atoms with E-state index in [2.05, 4.69) is 28.1 Å². The first-order valence-corrected chi connectivity index (χ1v) is 12.9. The second-order valence-electron chi connectivity index (χ2n) is 9.33. The zero-order valence-corrected chi connectivity index (χ0v) is 22.3. The summed E-state index contributed by atoms with van der Waals surface area (Å²) in [6.45, 7) is 6.85. The highest BCUT2D eigenvalue weighted by Gasteiger charge is 2.42. The van der Waals surface area contributed by atoms with Crippen molar-refractivity contribution >= 4 is 24.0 Å². The van der Waals surface area contributed by atoms with E-state index in [1.807, 2.05) is 31.0 Å². The number of aryl methyl sites for hydroxylation is 1. The maximum absolute atomic E-state index is 13.5. The number of amides is 3. The highest BCUT2D eigenvalue weighted by atomic mass is 19.4. The van der Waals surface area contributed by atoms with Gasteiger partial charge in [-0.3, -0.25) is 24.2 Å². The van der Waals surface area contributed by atoms with Gasteiger partial charge in [0, 0.05) is 13.1 Å². The topological polar surface area (TPSA) is 111 Å². The van der Waals surface area contributed by atoms with E-state index >= 15 is 0 Å². The molecule has 1 aromatic carbocycles. The van der Waals surface area contributed by atoms with E-state index in [1.165, 1.54) is 11.1 Å². The van der Waals surface area contributed by atoms with Crippen molar-refractivity contribution < 1.29 is 32.3 Å². The monoisotopic (exact) mass is 541 g/mol. The molecule has 3 amide bonds. The Morgan fingerprint density at radius 3 is 2.39 bits per heavy atom. The summed E-state index contributed by atoms with van der Waals surface area (Å²) in [5.41, 5.74) is 2.46. The molecule has 3 rings (SSSR count). The number of hydrogen-bond acceptors (Lipinski definition) is 6. The molecule has 1 heterocycles. The summed E-state index contributed by atoms with van der Waals surface area (Å²) in [7, 11) is 1.70. The van der Waals surface area contributed by atoms with E-state index in [0.29, 0.717) is 25.9 Å². The molecule has 2 aliphatic rings. The Hall–Kier alpha value is -2.99. The molecule has 12 heteroatoms. The molecular weight excluding hydrogens is 503 g/mol. The number of aldehydes is 1. The lowest BCUT2D eigenvalue weighted by Crippen LogP contribution is -2.58. The van der Waals surface area contributed by atoms with Gasteiger partial charge in [-0.05, 0) is 57.2 Å². The quantitative estimate of drug-likeness (QED) is 0.436. The molecule has 1 saturated heterocycles. The Balaban J connectivity index is 0.000000757. The molecule has 0 aromatic heterocycles. The first-order chi connectivity index (χ1) is 18.0. The van der Waals surface area contributed by atoms with Crippen LogP contribution in [0.3, 0.4) is 0 Å². The average molecular weight is 542 g/mol. The third-order valence-corrected chi connectivity index (χ3v) is 6.82. The molecule has 212 valence electrons. The summed E-state index contributed by atoms with van der Waals surface area (Å²) in [5.74, 6) is -0.580. The van der Waals surface area contributed by atoms with E-state index < -0.39 is 30.6 Å². The lowest BCUT2D eigenvalue weighted by atomic mass is 9.87. The third-order valence-electron chi connectivity index (χ3n) is 6.82. The Kier molecular flexibility index (Phi) is 11.7. The van der Waals surface area contributed by atoms with Crippen molar-refractivity contribution in [2.75, 3.05) is 20.1 Å². The largest absolute Gasteiger partial charge is 0.446 e. The molecule has 38 heavy (non-hydrogen) atoms. The Labute approximate surface area is 221 Å². The Morgan fingerprint density at radius 1 is 1.16 bits per heavy atom. The Bertz CT molecular complexity index is 974. The number of fused-ring (bicyclic) bond motifs is 1. The molecule has 1 aromatic rings. The normalized spacial score (nSPS) is 20.9. The van der Waals surface area contributed by atoms with E-state index in [1.54, 1.807) is 19.0 Å². The van der Waals surface area contributed by atoms with Crippen molar-refractivity contribution in [3.05, 3.63) is 35.4 Å². The number of rotatable bonds is 8. The third kappa shape index (κ3) is 8.26. The highest BCUT2D eigenvalue weighted by molar-refractivity contribution is 5.93. The Morgan fingerprint density at radius 2 is 1.82 bits per heavy atom.